The van der Waals surface area contributed by atoms with Crippen LogP contribution < -0.4 is 5.32 Å². The number of thiazole rings is 1. The van der Waals surface area contributed by atoms with Gasteiger partial charge in [0.25, 0.3) is 0 Å². The number of thiophene rings is 1. The number of aromatic nitrogens is 4. The van der Waals surface area contributed by atoms with E-state index in [4.69, 9.17) is 0 Å². The molecule has 0 unspecified atom stereocenters. The molecule has 3 heterocycles. The minimum atomic E-state index is 0.782. The fourth-order valence-electron chi connectivity index (χ4n) is 2.52. The molecule has 0 saturated heterocycles. The Kier molecular flexibility index (Phi) is 5.86. The zero-order chi connectivity index (χ0) is 18.5. The van der Waals surface area contributed by atoms with Crippen LogP contribution in [0.1, 0.15) is 16.1 Å². The van der Waals surface area contributed by atoms with Crippen molar-refractivity contribution >= 4 is 45.3 Å². The van der Waals surface area contributed by atoms with Crippen LogP contribution in [0.25, 0.3) is 0 Å². The third-order valence-electron chi connectivity index (χ3n) is 3.96. The molecule has 0 saturated carbocycles. The number of aryl methyl sites for hydroxylation is 3. The van der Waals surface area contributed by atoms with Gasteiger partial charge in [0.05, 0.1) is 5.69 Å². The highest BCUT2D eigenvalue weighted by molar-refractivity contribution is 7.98. The standard InChI is InChI=1S/C19H19N5S3/c1-14-4-6-15(7-5-14)21-18-22-16(11-26-18)12-27-19-23-20-13-24(19)9-8-17-3-2-10-25-17/h2-7,10-11,13H,8-9,12H2,1H3,(H,21,22). The van der Waals surface area contributed by atoms with Gasteiger partial charge in [0.15, 0.2) is 10.3 Å². The second-order valence-electron chi connectivity index (χ2n) is 6.06. The first-order valence-corrected chi connectivity index (χ1v) is 11.3. The Bertz CT molecular complexity index is 973. The number of hydrogen-bond donors (Lipinski definition) is 1. The first-order valence-electron chi connectivity index (χ1n) is 8.57. The third kappa shape index (κ3) is 4.97. The Labute approximate surface area is 170 Å². The minimum absolute atomic E-state index is 0.782. The van der Waals surface area contributed by atoms with Crippen LogP contribution in [-0.4, -0.2) is 19.7 Å². The average Bonchev–Trinajstić information content (AvgIpc) is 3.42. The number of benzene rings is 1. The largest absolute Gasteiger partial charge is 0.332 e. The van der Waals surface area contributed by atoms with Crippen molar-refractivity contribution in [2.24, 2.45) is 0 Å². The van der Waals surface area contributed by atoms with E-state index in [1.165, 1.54) is 10.4 Å². The van der Waals surface area contributed by atoms with Gasteiger partial charge in [-0.1, -0.05) is 35.5 Å². The first kappa shape index (κ1) is 18.2. The summed E-state index contributed by atoms with van der Waals surface area (Å²) in [7, 11) is 0. The Morgan fingerprint density at radius 2 is 2.04 bits per heavy atom. The van der Waals surface area contributed by atoms with Gasteiger partial charge in [-0.15, -0.1) is 32.9 Å². The fourth-order valence-corrected chi connectivity index (χ4v) is 4.89. The van der Waals surface area contributed by atoms with Crippen LogP contribution in [0.15, 0.2) is 58.6 Å². The van der Waals surface area contributed by atoms with Crippen LogP contribution in [0.4, 0.5) is 10.8 Å². The predicted octanol–water partition coefficient (Wildman–Crippen LogP) is 5.38. The van der Waals surface area contributed by atoms with Gasteiger partial charge >= 0.3 is 0 Å². The maximum Gasteiger partial charge on any atom is 0.191 e. The van der Waals surface area contributed by atoms with Crippen molar-refractivity contribution in [1.29, 1.82) is 0 Å². The number of hydrogen-bond acceptors (Lipinski definition) is 7. The first-order chi connectivity index (χ1) is 13.3. The molecule has 27 heavy (non-hydrogen) atoms. The summed E-state index contributed by atoms with van der Waals surface area (Å²) in [5.41, 5.74) is 3.36. The van der Waals surface area contributed by atoms with Gasteiger partial charge in [0.1, 0.15) is 6.33 Å². The van der Waals surface area contributed by atoms with Gasteiger partial charge in [-0.3, -0.25) is 0 Å². The summed E-state index contributed by atoms with van der Waals surface area (Å²) in [5, 5.41) is 17.7. The van der Waals surface area contributed by atoms with Gasteiger partial charge in [0.2, 0.25) is 0 Å². The Balaban J connectivity index is 1.32. The summed E-state index contributed by atoms with van der Waals surface area (Å²) in [4.78, 5) is 6.06. The average molecular weight is 414 g/mol. The number of rotatable bonds is 8. The van der Waals surface area contributed by atoms with E-state index in [9.17, 15) is 0 Å². The molecule has 0 atom stereocenters. The summed E-state index contributed by atoms with van der Waals surface area (Å²) in [6, 6.07) is 12.6. The van der Waals surface area contributed by atoms with E-state index in [2.05, 4.69) is 79.1 Å². The highest BCUT2D eigenvalue weighted by atomic mass is 32.2. The van der Waals surface area contributed by atoms with Crippen molar-refractivity contribution < 1.29 is 0 Å². The van der Waals surface area contributed by atoms with E-state index < -0.39 is 0 Å². The molecule has 0 amide bonds. The Morgan fingerprint density at radius 3 is 2.85 bits per heavy atom. The van der Waals surface area contributed by atoms with Gasteiger partial charge in [-0.05, 0) is 36.9 Å². The summed E-state index contributed by atoms with van der Waals surface area (Å²) < 4.78 is 2.11. The van der Waals surface area contributed by atoms with E-state index in [1.807, 2.05) is 0 Å². The van der Waals surface area contributed by atoms with E-state index in [0.29, 0.717) is 0 Å². The minimum Gasteiger partial charge on any atom is -0.332 e. The SMILES string of the molecule is Cc1ccc(Nc2nc(CSc3nncn3CCc3cccs3)cs2)cc1. The van der Waals surface area contributed by atoms with Gasteiger partial charge in [-0.25, -0.2) is 4.98 Å². The van der Waals surface area contributed by atoms with Gasteiger partial charge < -0.3 is 9.88 Å². The zero-order valence-corrected chi connectivity index (χ0v) is 17.3. The number of anilines is 2. The molecule has 4 aromatic rings. The molecule has 5 nitrogen and oxygen atoms in total. The molecule has 8 heteroatoms. The zero-order valence-electron chi connectivity index (χ0n) is 14.8. The van der Waals surface area contributed by atoms with E-state index >= 15 is 0 Å². The number of thioether (sulfide) groups is 1. The summed E-state index contributed by atoms with van der Waals surface area (Å²) in [5.74, 6) is 0.782. The number of nitrogens with zero attached hydrogens (tertiary/aromatic N) is 4. The predicted molar refractivity (Wildman–Crippen MR) is 114 cm³/mol. The molecular formula is C19H19N5S3. The van der Waals surface area contributed by atoms with Crippen molar-refractivity contribution in [2.45, 2.75) is 30.8 Å². The van der Waals surface area contributed by atoms with Crippen LogP contribution in [0.2, 0.25) is 0 Å². The normalized spacial score (nSPS) is 11.0. The monoisotopic (exact) mass is 413 g/mol. The highest BCUT2D eigenvalue weighted by Gasteiger charge is 2.09. The summed E-state index contributed by atoms with van der Waals surface area (Å²) in [6.07, 6.45) is 2.81. The molecule has 4 rings (SSSR count). The van der Waals surface area contributed by atoms with E-state index in [0.717, 1.165) is 40.4 Å². The van der Waals surface area contributed by atoms with Gasteiger partial charge in [0, 0.05) is 28.2 Å². The molecule has 0 aliphatic carbocycles. The van der Waals surface area contributed by atoms with E-state index in [-0.39, 0.29) is 0 Å². The molecule has 0 spiro atoms. The highest BCUT2D eigenvalue weighted by Crippen LogP contribution is 2.26. The molecule has 1 aromatic carbocycles. The van der Waals surface area contributed by atoms with Crippen LogP contribution in [0.5, 0.6) is 0 Å². The van der Waals surface area contributed by atoms with Crippen molar-refractivity contribution in [3.8, 4) is 0 Å². The lowest BCUT2D eigenvalue weighted by molar-refractivity contribution is 0.637. The molecule has 0 aliphatic heterocycles. The fraction of sp³-hybridized carbons (Fsp3) is 0.211. The molecule has 138 valence electrons. The lowest BCUT2D eigenvalue weighted by Crippen LogP contribution is -2.01. The number of nitrogens with one attached hydrogen (secondary N) is 1. The Morgan fingerprint density at radius 1 is 1.15 bits per heavy atom. The third-order valence-corrected chi connectivity index (χ3v) is 6.72. The van der Waals surface area contributed by atoms with Crippen LogP contribution in [0.3, 0.4) is 0 Å². The molecule has 3 aromatic heterocycles. The molecule has 1 N–H and O–H groups in total. The topological polar surface area (TPSA) is 55.6 Å². The molecule has 0 fully saturated rings. The maximum absolute atomic E-state index is 4.67. The molecule has 0 radical (unpaired) electrons. The molecule has 0 aliphatic rings. The van der Waals surface area contributed by atoms with Crippen molar-refractivity contribution in [2.75, 3.05) is 5.32 Å². The van der Waals surface area contributed by atoms with Gasteiger partial charge in [-0.2, -0.15) is 0 Å². The van der Waals surface area contributed by atoms with Crippen molar-refractivity contribution in [3.05, 3.63) is 69.6 Å². The molecule has 0 bridgehead atoms. The summed E-state index contributed by atoms with van der Waals surface area (Å²) >= 11 is 5.08. The van der Waals surface area contributed by atoms with Crippen molar-refractivity contribution in [1.82, 2.24) is 19.7 Å². The summed E-state index contributed by atoms with van der Waals surface area (Å²) in [6.45, 7) is 2.98. The van der Waals surface area contributed by atoms with Crippen molar-refractivity contribution in [3.63, 3.8) is 0 Å². The second kappa shape index (κ2) is 8.69. The lowest BCUT2D eigenvalue weighted by Gasteiger charge is -2.04. The van der Waals surface area contributed by atoms with Crippen LogP contribution in [-0.2, 0) is 18.7 Å². The second-order valence-corrected chi connectivity index (χ2v) is 8.89. The van der Waals surface area contributed by atoms with E-state index in [1.54, 1.807) is 40.8 Å². The smallest absolute Gasteiger partial charge is 0.191 e. The maximum atomic E-state index is 4.67. The quantitative estimate of drug-likeness (QED) is 0.393. The van der Waals surface area contributed by atoms with Crippen LogP contribution in [0, 0.1) is 6.92 Å². The lowest BCUT2D eigenvalue weighted by atomic mass is 10.2. The molecular weight excluding hydrogens is 394 g/mol. The Hall–Kier alpha value is -2.16. The van der Waals surface area contributed by atoms with Crippen LogP contribution >= 0.6 is 34.4 Å².